The Morgan fingerprint density at radius 3 is 2.56 bits per heavy atom. The molecule has 1 atom stereocenters. The fourth-order valence-electron chi connectivity index (χ4n) is 5.89. The average molecular weight is 581 g/mol. The van der Waals surface area contributed by atoms with Gasteiger partial charge in [0.15, 0.2) is 17.2 Å². The fraction of sp³-hybridized carbons (Fsp3) is 0.387. The molecule has 222 valence electrons. The van der Waals surface area contributed by atoms with Crippen molar-refractivity contribution in [3.63, 3.8) is 0 Å². The molecule has 2 fully saturated rings. The van der Waals surface area contributed by atoms with Gasteiger partial charge in [0.1, 0.15) is 29.7 Å². The molecule has 2 aliphatic heterocycles. The molecule has 2 N–H and O–H groups in total. The number of aromatic nitrogens is 7. The predicted octanol–water partition coefficient (Wildman–Crippen LogP) is 5.81. The zero-order chi connectivity index (χ0) is 29.2. The largest absolute Gasteiger partial charge is 0.494 e. The Labute approximate surface area is 250 Å². The van der Waals surface area contributed by atoms with E-state index in [0.717, 1.165) is 78.6 Å². The Bertz CT molecular complexity index is 1700. The number of hydrogen-bond acceptors (Lipinski definition) is 10. The first-order valence-corrected chi connectivity index (χ1v) is 14.9. The van der Waals surface area contributed by atoms with Crippen molar-refractivity contribution in [2.24, 2.45) is 7.05 Å². The Balaban J connectivity index is 1.25. The van der Waals surface area contributed by atoms with Crippen molar-refractivity contribution in [2.45, 2.75) is 44.8 Å². The van der Waals surface area contributed by atoms with Crippen LogP contribution in [-0.4, -0.2) is 61.1 Å². The van der Waals surface area contributed by atoms with Crippen LogP contribution in [0, 0.1) is 0 Å². The summed E-state index contributed by atoms with van der Waals surface area (Å²) in [5, 5.41) is 11.5. The fourth-order valence-corrected chi connectivity index (χ4v) is 5.89. The van der Waals surface area contributed by atoms with Crippen LogP contribution in [0.2, 0.25) is 0 Å². The summed E-state index contributed by atoms with van der Waals surface area (Å²) in [5.74, 6) is 2.59. The first-order valence-electron chi connectivity index (χ1n) is 14.9. The van der Waals surface area contributed by atoms with Gasteiger partial charge in [-0.3, -0.25) is 9.25 Å². The van der Waals surface area contributed by atoms with Gasteiger partial charge in [-0.1, -0.05) is 6.07 Å². The first kappa shape index (κ1) is 27.1. The number of rotatable bonds is 8. The lowest BCUT2D eigenvalue weighted by Gasteiger charge is -2.28. The highest BCUT2D eigenvalue weighted by Gasteiger charge is 2.22. The van der Waals surface area contributed by atoms with Gasteiger partial charge in [0.25, 0.3) is 0 Å². The number of ether oxygens (including phenoxy) is 2. The number of nitrogens with one attached hydrogen (secondary N) is 2. The van der Waals surface area contributed by atoms with Crippen molar-refractivity contribution in [1.29, 1.82) is 0 Å². The molecule has 0 bridgehead atoms. The number of para-hydroxylation sites is 1. The van der Waals surface area contributed by atoms with Crippen molar-refractivity contribution >= 4 is 39.9 Å². The molecule has 2 aliphatic rings. The van der Waals surface area contributed by atoms with Crippen LogP contribution in [0.1, 0.15) is 44.8 Å². The van der Waals surface area contributed by atoms with Crippen molar-refractivity contribution in [1.82, 2.24) is 34.3 Å². The summed E-state index contributed by atoms with van der Waals surface area (Å²) >= 11 is 0. The van der Waals surface area contributed by atoms with E-state index in [1.807, 2.05) is 54.5 Å². The lowest BCUT2D eigenvalue weighted by atomic mass is 10.1. The van der Waals surface area contributed by atoms with Crippen molar-refractivity contribution < 1.29 is 9.47 Å². The van der Waals surface area contributed by atoms with E-state index in [-0.39, 0.29) is 6.23 Å². The zero-order valence-electron chi connectivity index (χ0n) is 24.5. The molecule has 12 nitrogen and oxygen atoms in total. The molecule has 1 aromatic carbocycles. The summed E-state index contributed by atoms with van der Waals surface area (Å²) in [7, 11) is 3.49. The summed E-state index contributed by atoms with van der Waals surface area (Å²) in [6.07, 6.45) is 12.2. The Morgan fingerprint density at radius 1 is 0.907 bits per heavy atom. The topological polar surface area (TPSA) is 120 Å². The monoisotopic (exact) mass is 580 g/mol. The van der Waals surface area contributed by atoms with Crippen molar-refractivity contribution in [2.75, 3.05) is 42.3 Å². The smallest absolute Gasteiger partial charge is 0.184 e. The van der Waals surface area contributed by atoms with E-state index >= 15 is 0 Å². The molecule has 1 unspecified atom stereocenters. The van der Waals surface area contributed by atoms with Crippen LogP contribution in [0.15, 0.2) is 55.2 Å². The van der Waals surface area contributed by atoms with Gasteiger partial charge < -0.3 is 25.0 Å². The van der Waals surface area contributed by atoms with Gasteiger partial charge in [-0.2, -0.15) is 5.10 Å². The SMILES string of the molecule is COc1c(Nc2cc(Nc3ccc(N4CCCCC4)cn3)nc3c2ncn3C2CCCCO2)cccc1-c1ncn(C)n1. The van der Waals surface area contributed by atoms with E-state index in [9.17, 15) is 0 Å². The minimum absolute atomic E-state index is 0.107. The number of hydrogen-bond donors (Lipinski definition) is 2. The van der Waals surface area contributed by atoms with Gasteiger partial charge >= 0.3 is 0 Å². The van der Waals surface area contributed by atoms with Crippen molar-refractivity contribution in [3.8, 4) is 17.1 Å². The molecular formula is C31H36N10O2. The highest BCUT2D eigenvalue weighted by Crippen LogP contribution is 2.39. The predicted molar refractivity (Wildman–Crippen MR) is 166 cm³/mol. The molecule has 0 aliphatic carbocycles. The van der Waals surface area contributed by atoms with E-state index in [4.69, 9.17) is 24.4 Å². The van der Waals surface area contributed by atoms with Crippen molar-refractivity contribution in [3.05, 3.63) is 55.2 Å². The number of anilines is 5. The van der Waals surface area contributed by atoms with Gasteiger partial charge in [-0.15, -0.1) is 0 Å². The van der Waals surface area contributed by atoms with E-state index in [1.165, 1.54) is 19.3 Å². The molecular weight excluding hydrogens is 544 g/mol. The van der Waals surface area contributed by atoms with Crippen LogP contribution in [0.25, 0.3) is 22.6 Å². The van der Waals surface area contributed by atoms with Crippen LogP contribution >= 0.6 is 0 Å². The van der Waals surface area contributed by atoms with Crippen LogP contribution in [0.4, 0.5) is 28.7 Å². The number of fused-ring (bicyclic) bond motifs is 1. The third-order valence-electron chi connectivity index (χ3n) is 8.05. The maximum Gasteiger partial charge on any atom is 0.184 e. The summed E-state index contributed by atoms with van der Waals surface area (Å²) in [4.78, 5) is 21.3. The van der Waals surface area contributed by atoms with E-state index in [0.29, 0.717) is 17.4 Å². The minimum atomic E-state index is -0.107. The third-order valence-corrected chi connectivity index (χ3v) is 8.05. The molecule has 12 heteroatoms. The average Bonchev–Trinajstić information content (AvgIpc) is 3.69. The van der Waals surface area contributed by atoms with E-state index in [2.05, 4.69) is 31.7 Å². The lowest BCUT2D eigenvalue weighted by molar-refractivity contribution is -0.0298. The molecule has 2 saturated heterocycles. The Morgan fingerprint density at radius 2 is 1.81 bits per heavy atom. The first-order chi connectivity index (χ1) is 21.2. The minimum Gasteiger partial charge on any atom is -0.494 e. The van der Waals surface area contributed by atoms with Gasteiger partial charge in [0.2, 0.25) is 0 Å². The lowest BCUT2D eigenvalue weighted by Crippen LogP contribution is -2.29. The van der Waals surface area contributed by atoms with E-state index in [1.54, 1.807) is 18.1 Å². The van der Waals surface area contributed by atoms with Gasteiger partial charge in [-0.05, 0) is 62.8 Å². The molecule has 0 radical (unpaired) electrons. The van der Waals surface area contributed by atoms with Gasteiger partial charge in [-0.25, -0.2) is 19.9 Å². The Kier molecular flexibility index (Phi) is 7.50. The second-order valence-corrected chi connectivity index (χ2v) is 11.0. The second-order valence-electron chi connectivity index (χ2n) is 11.0. The molecule has 4 aromatic heterocycles. The zero-order valence-corrected chi connectivity index (χ0v) is 24.5. The molecule has 0 spiro atoms. The van der Waals surface area contributed by atoms with Crippen LogP contribution in [-0.2, 0) is 11.8 Å². The number of methoxy groups -OCH3 is 1. The second kappa shape index (κ2) is 11.9. The van der Waals surface area contributed by atoms with E-state index < -0.39 is 0 Å². The number of pyridine rings is 2. The number of piperidine rings is 1. The summed E-state index contributed by atoms with van der Waals surface area (Å²) in [6.45, 7) is 2.89. The quantitative estimate of drug-likeness (QED) is 0.233. The molecule has 6 heterocycles. The number of nitrogens with zero attached hydrogens (tertiary/aromatic N) is 8. The number of aryl methyl sites for hydroxylation is 1. The standard InChI is InChI=1S/C31H36N10O2/c1-39-19-34-30(38-39)22-9-8-10-23(29(22)42-2)35-24-17-26(36-25-13-12-21(18-32-25)40-14-5-3-6-15-40)37-31-28(24)33-20-41(31)27-11-4-7-16-43-27/h8-10,12-13,17-20,27H,3-7,11,14-16H2,1-2H3,(H2,32,35,36,37). The normalized spacial score (nSPS) is 17.3. The molecule has 0 amide bonds. The number of benzene rings is 1. The molecule has 43 heavy (non-hydrogen) atoms. The molecule has 7 rings (SSSR count). The van der Waals surface area contributed by atoms with Gasteiger partial charge in [0.05, 0.1) is 42.3 Å². The molecule has 0 saturated carbocycles. The third kappa shape index (κ3) is 5.57. The highest BCUT2D eigenvalue weighted by atomic mass is 16.5. The highest BCUT2D eigenvalue weighted by molar-refractivity contribution is 5.92. The van der Waals surface area contributed by atoms with Crippen LogP contribution in [0.3, 0.4) is 0 Å². The maximum atomic E-state index is 6.11. The maximum absolute atomic E-state index is 6.11. The van der Waals surface area contributed by atoms with Gasteiger partial charge in [0, 0.05) is 32.8 Å². The summed E-state index contributed by atoms with van der Waals surface area (Å²) in [5.41, 5.74) is 4.94. The molecule has 5 aromatic rings. The van der Waals surface area contributed by atoms with Crippen LogP contribution in [0.5, 0.6) is 5.75 Å². The Hall–Kier alpha value is -4.71. The number of imidazole rings is 1. The summed E-state index contributed by atoms with van der Waals surface area (Å²) in [6, 6.07) is 12.0. The van der Waals surface area contributed by atoms with Crippen LogP contribution < -0.4 is 20.3 Å². The summed E-state index contributed by atoms with van der Waals surface area (Å²) < 4.78 is 15.7.